The van der Waals surface area contributed by atoms with Gasteiger partial charge in [-0.05, 0) is 41.9 Å². The number of carbonyl (C=O) groups is 1. The van der Waals surface area contributed by atoms with Crippen molar-refractivity contribution in [2.24, 2.45) is 0 Å². The van der Waals surface area contributed by atoms with Gasteiger partial charge in [-0.1, -0.05) is 18.9 Å². The van der Waals surface area contributed by atoms with Crippen molar-refractivity contribution in [1.29, 1.82) is 0 Å². The molecule has 0 atom stereocenters. The van der Waals surface area contributed by atoms with Gasteiger partial charge in [-0.3, -0.25) is 4.79 Å². The minimum absolute atomic E-state index is 0.284. The maximum absolute atomic E-state index is 10.5. The molecule has 0 heterocycles. The number of hydrogen-bond donors (Lipinski definition) is 0. The molecule has 1 nitrogen and oxygen atoms in total. The normalized spacial score (nSPS) is 9.55. The molecule has 0 aromatic rings. The molecule has 0 N–H and O–H groups in total. The molecule has 0 saturated heterocycles. The predicted octanol–water partition coefficient (Wildman–Crippen LogP) is 3.47. The standard InChI is InChI=1S/C9H15IO/c1-2-3-4-5-6-7-8-9(10)11/h2H,1,3-8H2. The Labute approximate surface area is 82.4 Å². The molecule has 0 aliphatic carbocycles. The highest BCUT2D eigenvalue weighted by atomic mass is 127. The highest BCUT2D eigenvalue weighted by molar-refractivity contribution is 14.1. The van der Waals surface area contributed by atoms with Crippen LogP contribution in [0.2, 0.25) is 0 Å². The molecule has 0 aliphatic rings. The molecular formula is C9H15IO. The molecule has 0 amide bonds. The minimum atomic E-state index is 0.284. The summed E-state index contributed by atoms with van der Waals surface area (Å²) >= 11 is 1.86. The molecule has 64 valence electrons. The van der Waals surface area contributed by atoms with Crippen LogP contribution >= 0.6 is 22.6 Å². The average molecular weight is 266 g/mol. The lowest BCUT2D eigenvalue weighted by molar-refractivity contribution is -0.109. The van der Waals surface area contributed by atoms with Crippen molar-refractivity contribution in [2.45, 2.75) is 38.5 Å². The molecule has 11 heavy (non-hydrogen) atoms. The SMILES string of the molecule is C=CCCCCCCC(=O)I. The molecule has 0 bridgehead atoms. The van der Waals surface area contributed by atoms with Gasteiger partial charge in [-0.15, -0.1) is 6.58 Å². The topological polar surface area (TPSA) is 17.1 Å². The Balaban J connectivity index is 2.90. The first kappa shape index (κ1) is 11.1. The van der Waals surface area contributed by atoms with Crippen molar-refractivity contribution in [1.82, 2.24) is 0 Å². The molecule has 0 aromatic heterocycles. The van der Waals surface area contributed by atoms with E-state index in [1.54, 1.807) is 0 Å². The highest BCUT2D eigenvalue weighted by Gasteiger charge is 1.94. The van der Waals surface area contributed by atoms with Crippen LogP contribution in [0, 0.1) is 0 Å². The third-order valence-corrected chi connectivity index (χ3v) is 2.07. The lowest BCUT2D eigenvalue weighted by Crippen LogP contribution is -1.84. The van der Waals surface area contributed by atoms with Gasteiger partial charge in [0.1, 0.15) is 0 Å². The molecule has 0 rings (SSSR count). The van der Waals surface area contributed by atoms with Crippen molar-refractivity contribution < 1.29 is 4.79 Å². The lowest BCUT2D eigenvalue weighted by atomic mass is 10.1. The van der Waals surface area contributed by atoms with E-state index in [4.69, 9.17) is 0 Å². The summed E-state index contributed by atoms with van der Waals surface area (Å²) in [4.78, 5) is 10.5. The number of rotatable bonds is 7. The summed E-state index contributed by atoms with van der Waals surface area (Å²) in [6.07, 6.45) is 8.49. The summed E-state index contributed by atoms with van der Waals surface area (Å²) in [7, 11) is 0. The average Bonchev–Trinajstić information content (AvgIpc) is 1.96. The first-order chi connectivity index (χ1) is 5.27. The minimum Gasteiger partial charge on any atom is -0.288 e. The lowest BCUT2D eigenvalue weighted by Gasteiger charge is -1.95. The number of hydrogen-bond acceptors (Lipinski definition) is 1. The van der Waals surface area contributed by atoms with Crippen LogP contribution in [0.3, 0.4) is 0 Å². The van der Waals surface area contributed by atoms with Crippen LogP contribution in [0.25, 0.3) is 0 Å². The maximum Gasteiger partial charge on any atom is 0.192 e. The van der Waals surface area contributed by atoms with E-state index < -0.39 is 0 Å². The molecule has 0 aliphatic heterocycles. The van der Waals surface area contributed by atoms with Gasteiger partial charge in [-0.25, -0.2) is 0 Å². The first-order valence-electron chi connectivity index (χ1n) is 4.06. The van der Waals surface area contributed by atoms with Gasteiger partial charge in [0.2, 0.25) is 0 Å². The van der Waals surface area contributed by atoms with Gasteiger partial charge in [0.05, 0.1) is 0 Å². The predicted molar refractivity (Wildman–Crippen MR) is 56.9 cm³/mol. The van der Waals surface area contributed by atoms with Crippen LogP contribution in [-0.4, -0.2) is 3.79 Å². The highest BCUT2D eigenvalue weighted by Crippen LogP contribution is 2.07. The van der Waals surface area contributed by atoms with E-state index in [0.717, 1.165) is 19.3 Å². The summed E-state index contributed by atoms with van der Waals surface area (Å²) in [6.45, 7) is 3.65. The molecule has 2 heteroatoms. The van der Waals surface area contributed by atoms with Crippen molar-refractivity contribution in [3.8, 4) is 0 Å². The van der Waals surface area contributed by atoms with Gasteiger partial charge in [0.15, 0.2) is 3.79 Å². The fourth-order valence-electron chi connectivity index (χ4n) is 0.906. The molecule has 0 aromatic carbocycles. The third kappa shape index (κ3) is 10.1. The monoisotopic (exact) mass is 266 g/mol. The fourth-order valence-corrected chi connectivity index (χ4v) is 1.29. The zero-order chi connectivity index (χ0) is 8.53. The van der Waals surface area contributed by atoms with Crippen molar-refractivity contribution in [3.05, 3.63) is 12.7 Å². The molecule has 0 radical (unpaired) electrons. The molecule has 0 saturated carbocycles. The van der Waals surface area contributed by atoms with Crippen LogP contribution in [0.1, 0.15) is 38.5 Å². The number of carbonyl (C=O) groups excluding carboxylic acids is 1. The summed E-state index contributed by atoms with van der Waals surface area (Å²) in [6, 6.07) is 0. The molecule has 0 unspecified atom stereocenters. The molecule has 0 fully saturated rings. The van der Waals surface area contributed by atoms with Crippen LogP contribution in [-0.2, 0) is 4.79 Å². The third-order valence-electron chi connectivity index (χ3n) is 1.53. The van der Waals surface area contributed by atoms with E-state index in [1.165, 1.54) is 19.3 Å². The smallest absolute Gasteiger partial charge is 0.192 e. The second-order valence-corrected chi connectivity index (χ2v) is 3.80. The van der Waals surface area contributed by atoms with Gasteiger partial charge in [0, 0.05) is 6.42 Å². The largest absolute Gasteiger partial charge is 0.288 e. The maximum atomic E-state index is 10.5. The molecule has 0 spiro atoms. The number of halogens is 1. The fraction of sp³-hybridized carbons (Fsp3) is 0.667. The Morgan fingerprint density at radius 2 is 1.91 bits per heavy atom. The van der Waals surface area contributed by atoms with Gasteiger partial charge in [-0.2, -0.15) is 0 Å². The number of allylic oxidation sites excluding steroid dienone is 1. The summed E-state index contributed by atoms with van der Waals surface area (Å²) in [5, 5.41) is 0. The van der Waals surface area contributed by atoms with Gasteiger partial charge in [0.25, 0.3) is 0 Å². The van der Waals surface area contributed by atoms with E-state index in [0.29, 0.717) is 0 Å². The van der Waals surface area contributed by atoms with Crippen LogP contribution < -0.4 is 0 Å². The summed E-state index contributed by atoms with van der Waals surface area (Å²) < 4.78 is 0.284. The zero-order valence-electron chi connectivity index (χ0n) is 6.81. The number of unbranched alkanes of at least 4 members (excludes halogenated alkanes) is 4. The van der Waals surface area contributed by atoms with E-state index in [2.05, 4.69) is 6.58 Å². The van der Waals surface area contributed by atoms with Crippen molar-refractivity contribution in [3.63, 3.8) is 0 Å². The van der Waals surface area contributed by atoms with Gasteiger partial charge < -0.3 is 0 Å². The Hall–Kier alpha value is 0.140. The van der Waals surface area contributed by atoms with E-state index in [9.17, 15) is 4.79 Å². The van der Waals surface area contributed by atoms with E-state index in [1.807, 2.05) is 28.7 Å². The quantitative estimate of drug-likeness (QED) is 0.298. The zero-order valence-corrected chi connectivity index (χ0v) is 8.97. The summed E-state index contributed by atoms with van der Waals surface area (Å²) in [5.41, 5.74) is 0. The van der Waals surface area contributed by atoms with E-state index in [-0.39, 0.29) is 3.79 Å². The first-order valence-corrected chi connectivity index (χ1v) is 5.14. The molecular weight excluding hydrogens is 251 g/mol. The summed E-state index contributed by atoms with van der Waals surface area (Å²) in [5.74, 6) is 0. The van der Waals surface area contributed by atoms with Crippen molar-refractivity contribution in [2.75, 3.05) is 0 Å². The Kier molecular flexibility index (Phi) is 8.34. The van der Waals surface area contributed by atoms with Gasteiger partial charge >= 0.3 is 0 Å². The Morgan fingerprint density at radius 3 is 2.45 bits per heavy atom. The Morgan fingerprint density at radius 1 is 1.27 bits per heavy atom. The second kappa shape index (κ2) is 8.24. The van der Waals surface area contributed by atoms with Crippen LogP contribution in [0.5, 0.6) is 0 Å². The second-order valence-electron chi connectivity index (χ2n) is 2.60. The van der Waals surface area contributed by atoms with Crippen LogP contribution in [0.15, 0.2) is 12.7 Å². The van der Waals surface area contributed by atoms with E-state index >= 15 is 0 Å². The van der Waals surface area contributed by atoms with Crippen LogP contribution in [0.4, 0.5) is 0 Å². The Bertz CT molecular complexity index is 121. The van der Waals surface area contributed by atoms with Crippen molar-refractivity contribution >= 4 is 26.4 Å².